The minimum atomic E-state index is -0.723. The molecule has 0 aliphatic rings. The SMILES string of the molecule is CC[C@@H](Oc1cc(Cn2c(C)c(C)c3cc(C(=O)NCCc4cccc(C(C)C)c4)ccc32)ccc1Cl)C(=O)OC. The van der Waals surface area contributed by atoms with Gasteiger partial charge in [0.25, 0.3) is 5.91 Å². The Bertz CT molecular complexity index is 1560. The number of halogens is 1. The van der Waals surface area contributed by atoms with Crippen LogP contribution >= 0.6 is 11.6 Å². The molecule has 0 bridgehead atoms. The van der Waals surface area contributed by atoms with Gasteiger partial charge in [-0.1, -0.05) is 62.7 Å². The van der Waals surface area contributed by atoms with Gasteiger partial charge in [-0.25, -0.2) is 4.79 Å². The highest BCUT2D eigenvalue weighted by molar-refractivity contribution is 6.32. The fraction of sp³-hybridized carbons (Fsp3) is 0.353. The summed E-state index contributed by atoms with van der Waals surface area (Å²) in [6.45, 7) is 11.5. The number of methoxy groups -OCH3 is 1. The van der Waals surface area contributed by atoms with Crippen LogP contribution in [0.3, 0.4) is 0 Å². The molecule has 0 radical (unpaired) electrons. The lowest BCUT2D eigenvalue weighted by atomic mass is 10.00. The Balaban J connectivity index is 1.50. The van der Waals surface area contributed by atoms with E-state index in [0.29, 0.717) is 41.8 Å². The lowest BCUT2D eigenvalue weighted by Crippen LogP contribution is -2.27. The number of hydrogen-bond donors (Lipinski definition) is 1. The number of aromatic nitrogens is 1. The van der Waals surface area contributed by atoms with Gasteiger partial charge in [0, 0.05) is 35.2 Å². The molecule has 6 nitrogen and oxygen atoms in total. The van der Waals surface area contributed by atoms with Gasteiger partial charge in [0.1, 0.15) is 5.75 Å². The van der Waals surface area contributed by atoms with E-state index in [2.05, 4.69) is 61.8 Å². The smallest absolute Gasteiger partial charge is 0.347 e. The Labute approximate surface area is 247 Å². The second-order valence-electron chi connectivity index (χ2n) is 10.7. The molecule has 0 aliphatic heterocycles. The van der Waals surface area contributed by atoms with Gasteiger partial charge in [0.05, 0.1) is 12.1 Å². The molecule has 4 rings (SSSR count). The van der Waals surface area contributed by atoms with Gasteiger partial charge in [-0.3, -0.25) is 4.79 Å². The van der Waals surface area contributed by atoms with Crippen LogP contribution in [0.1, 0.15) is 71.4 Å². The lowest BCUT2D eigenvalue weighted by molar-refractivity contribution is -0.148. The molecule has 0 saturated heterocycles. The first-order chi connectivity index (χ1) is 19.6. The van der Waals surface area contributed by atoms with E-state index in [9.17, 15) is 9.59 Å². The predicted molar refractivity (Wildman–Crippen MR) is 165 cm³/mol. The number of esters is 1. The molecule has 7 heteroatoms. The number of hydrogen-bond acceptors (Lipinski definition) is 4. The number of fused-ring (bicyclic) bond motifs is 1. The Hall–Kier alpha value is -3.77. The van der Waals surface area contributed by atoms with Gasteiger partial charge >= 0.3 is 5.97 Å². The van der Waals surface area contributed by atoms with Crippen molar-refractivity contribution in [1.29, 1.82) is 0 Å². The number of nitrogens with one attached hydrogen (secondary N) is 1. The molecular weight excluding hydrogens is 536 g/mol. The number of carbonyl (C=O) groups is 2. The highest BCUT2D eigenvalue weighted by Crippen LogP contribution is 2.31. The summed E-state index contributed by atoms with van der Waals surface area (Å²) in [5, 5.41) is 4.56. The Morgan fingerprint density at radius 1 is 1.00 bits per heavy atom. The standard InChI is InChI=1S/C34H39ClN2O4/c1-7-31(34(39)40-6)41-32-18-25(11-13-29(32)35)20-37-23(5)22(4)28-19-27(12-14-30(28)37)33(38)36-16-15-24-9-8-10-26(17-24)21(2)3/h8-14,17-19,21,31H,7,15-16,20H2,1-6H3,(H,36,38)/t31-/m1/s1. The van der Waals surface area contributed by atoms with Crippen LogP contribution in [0, 0.1) is 13.8 Å². The Morgan fingerprint density at radius 3 is 2.49 bits per heavy atom. The van der Waals surface area contributed by atoms with E-state index in [4.69, 9.17) is 21.1 Å². The van der Waals surface area contributed by atoms with Crippen LogP contribution in [0.15, 0.2) is 60.7 Å². The summed E-state index contributed by atoms with van der Waals surface area (Å²) in [6, 6.07) is 20.0. The van der Waals surface area contributed by atoms with Crippen LogP contribution in [0.2, 0.25) is 5.02 Å². The summed E-state index contributed by atoms with van der Waals surface area (Å²) in [5.74, 6) is 0.414. The molecule has 0 aliphatic carbocycles. The fourth-order valence-corrected chi connectivity index (χ4v) is 5.19. The van der Waals surface area contributed by atoms with E-state index in [1.54, 1.807) is 6.07 Å². The van der Waals surface area contributed by atoms with Gasteiger partial charge in [-0.2, -0.15) is 0 Å². The van der Waals surface area contributed by atoms with Crippen molar-refractivity contribution in [2.75, 3.05) is 13.7 Å². The number of amides is 1. The summed E-state index contributed by atoms with van der Waals surface area (Å²) in [4.78, 5) is 25.1. The molecule has 0 fully saturated rings. The van der Waals surface area contributed by atoms with Crippen LogP contribution < -0.4 is 10.1 Å². The molecule has 216 valence electrons. The van der Waals surface area contributed by atoms with Gasteiger partial charge in [-0.05, 0) is 85.2 Å². The summed E-state index contributed by atoms with van der Waals surface area (Å²) < 4.78 is 13.0. The first-order valence-electron chi connectivity index (χ1n) is 14.1. The van der Waals surface area contributed by atoms with Crippen LogP contribution in [0.4, 0.5) is 0 Å². The fourth-order valence-electron chi connectivity index (χ4n) is 5.03. The van der Waals surface area contributed by atoms with Gasteiger partial charge in [0.2, 0.25) is 0 Å². The quantitative estimate of drug-likeness (QED) is 0.190. The average molecular weight is 575 g/mol. The summed E-state index contributed by atoms with van der Waals surface area (Å²) in [5.41, 5.74) is 7.44. The molecule has 1 N–H and O–H groups in total. The number of carbonyl (C=O) groups excluding carboxylic acids is 2. The second-order valence-corrected chi connectivity index (χ2v) is 11.1. The molecule has 1 atom stereocenters. The highest BCUT2D eigenvalue weighted by Gasteiger charge is 2.21. The minimum absolute atomic E-state index is 0.0766. The maximum Gasteiger partial charge on any atom is 0.347 e. The monoisotopic (exact) mass is 574 g/mol. The Kier molecular flexibility index (Phi) is 9.77. The summed E-state index contributed by atoms with van der Waals surface area (Å²) in [7, 11) is 1.34. The third kappa shape index (κ3) is 6.94. The molecule has 0 unspecified atom stereocenters. The molecule has 0 saturated carbocycles. The molecule has 3 aromatic carbocycles. The summed E-state index contributed by atoms with van der Waals surface area (Å²) >= 11 is 6.39. The van der Waals surface area contributed by atoms with E-state index < -0.39 is 12.1 Å². The highest BCUT2D eigenvalue weighted by atomic mass is 35.5. The van der Waals surface area contributed by atoms with Crippen molar-refractivity contribution >= 4 is 34.4 Å². The maximum atomic E-state index is 13.0. The molecular formula is C34H39ClN2O4. The second kappa shape index (κ2) is 13.3. The van der Waals surface area contributed by atoms with Crippen molar-refractivity contribution in [2.24, 2.45) is 0 Å². The largest absolute Gasteiger partial charge is 0.477 e. The molecule has 1 heterocycles. The van der Waals surface area contributed by atoms with Crippen molar-refractivity contribution in [3.05, 3.63) is 99.2 Å². The van der Waals surface area contributed by atoms with Gasteiger partial charge in [-0.15, -0.1) is 0 Å². The average Bonchev–Trinajstić information content (AvgIpc) is 3.21. The third-order valence-corrected chi connectivity index (χ3v) is 7.97. The Morgan fingerprint density at radius 2 is 1.78 bits per heavy atom. The van der Waals surface area contributed by atoms with E-state index in [1.165, 1.54) is 18.2 Å². The zero-order chi connectivity index (χ0) is 29.7. The zero-order valence-electron chi connectivity index (χ0n) is 24.7. The molecule has 0 spiro atoms. The topological polar surface area (TPSA) is 69.6 Å². The van der Waals surface area contributed by atoms with Crippen molar-refractivity contribution < 1.29 is 19.1 Å². The van der Waals surface area contributed by atoms with Crippen molar-refractivity contribution in [3.63, 3.8) is 0 Å². The van der Waals surface area contributed by atoms with Crippen molar-refractivity contribution in [3.8, 4) is 5.75 Å². The van der Waals surface area contributed by atoms with Crippen molar-refractivity contribution in [2.45, 2.75) is 66.0 Å². The molecule has 1 aromatic heterocycles. The maximum absolute atomic E-state index is 13.0. The van der Waals surface area contributed by atoms with E-state index in [-0.39, 0.29) is 5.91 Å². The van der Waals surface area contributed by atoms with E-state index in [1.807, 2.05) is 37.3 Å². The van der Waals surface area contributed by atoms with Gasteiger partial charge in [0.15, 0.2) is 6.10 Å². The van der Waals surface area contributed by atoms with E-state index >= 15 is 0 Å². The van der Waals surface area contributed by atoms with Crippen LogP contribution in [-0.4, -0.2) is 36.2 Å². The summed E-state index contributed by atoms with van der Waals surface area (Å²) in [6.07, 6.45) is 0.530. The van der Waals surface area contributed by atoms with Gasteiger partial charge < -0.3 is 19.4 Å². The van der Waals surface area contributed by atoms with E-state index in [0.717, 1.165) is 34.1 Å². The number of benzene rings is 3. The van der Waals surface area contributed by atoms with Crippen LogP contribution in [0.25, 0.3) is 10.9 Å². The minimum Gasteiger partial charge on any atom is -0.477 e. The normalized spacial score (nSPS) is 12.0. The predicted octanol–water partition coefficient (Wildman–Crippen LogP) is 7.39. The van der Waals surface area contributed by atoms with Crippen LogP contribution in [0.5, 0.6) is 5.75 Å². The lowest BCUT2D eigenvalue weighted by Gasteiger charge is -2.17. The first-order valence-corrected chi connectivity index (χ1v) is 14.5. The third-order valence-electron chi connectivity index (χ3n) is 7.66. The molecule has 1 amide bonds. The van der Waals surface area contributed by atoms with Crippen LogP contribution in [-0.2, 0) is 22.5 Å². The zero-order valence-corrected chi connectivity index (χ0v) is 25.5. The number of ether oxygens (including phenoxy) is 2. The number of aryl methyl sites for hydroxylation is 1. The number of nitrogens with zero attached hydrogens (tertiary/aromatic N) is 1. The first kappa shape index (κ1) is 30.2. The van der Waals surface area contributed by atoms with Crippen molar-refractivity contribution in [1.82, 2.24) is 9.88 Å². The molecule has 4 aromatic rings. The number of rotatable bonds is 11. The molecule has 41 heavy (non-hydrogen) atoms.